The third-order valence-electron chi connectivity index (χ3n) is 5.47. The topological polar surface area (TPSA) is 85.4 Å². The lowest BCUT2D eigenvalue weighted by molar-refractivity contribution is -0.376. The summed E-state index contributed by atoms with van der Waals surface area (Å²) in [6, 6.07) is 24.4. The van der Waals surface area contributed by atoms with Gasteiger partial charge in [-0.25, -0.2) is 4.79 Å². The quantitative estimate of drug-likeness (QED) is 0.503. The minimum Gasteiger partial charge on any atom is -0.493 e. The second-order valence-corrected chi connectivity index (χ2v) is 8.20. The van der Waals surface area contributed by atoms with Gasteiger partial charge in [0.2, 0.25) is 11.6 Å². The van der Waals surface area contributed by atoms with Crippen molar-refractivity contribution in [2.45, 2.75) is 13.3 Å². The SMILES string of the molecule is Cc1ccccc1OCCC(=O)[NH+]=C1[CH]N(CC(=O)N(C)c2ccc(Oc3ccccc3)cc2)N=C1.[HH]. The van der Waals surface area contributed by atoms with Crippen LogP contribution < -0.4 is 19.4 Å². The molecule has 3 aromatic carbocycles. The molecule has 0 spiro atoms. The van der Waals surface area contributed by atoms with Crippen LogP contribution >= 0.6 is 0 Å². The second kappa shape index (κ2) is 11.8. The van der Waals surface area contributed by atoms with E-state index in [-0.39, 0.29) is 32.8 Å². The van der Waals surface area contributed by atoms with Crippen LogP contribution in [0.15, 0.2) is 84.0 Å². The number of anilines is 1. The number of nitrogens with zero attached hydrogens (tertiary/aromatic N) is 3. The smallest absolute Gasteiger partial charge is 0.389 e. The van der Waals surface area contributed by atoms with Crippen molar-refractivity contribution in [3.63, 3.8) is 0 Å². The number of hydrogen-bond donors (Lipinski definition) is 1. The van der Waals surface area contributed by atoms with Crippen LogP contribution in [0.5, 0.6) is 17.2 Å². The molecule has 0 fully saturated rings. The van der Waals surface area contributed by atoms with Crippen molar-refractivity contribution in [2.75, 3.05) is 25.1 Å². The number of carbonyl (C=O) groups excluding carboxylic acids is 2. The number of nitrogens with one attached hydrogen (secondary N) is 1. The normalized spacial score (nSPS) is 13.6. The molecule has 36 heavy (non-hydrogen) atoms. The van der Waals surface area contributed by atoms with Crippen molar-refractivity contribution in [3.8, 4) is 17.2 Å². The Kier molecular flexibility index (Phi) is 8.08. The van der Waals surface area contributed by atoms with E-state index in [1.807, 2.05) is 85.8 Å². The van der Waals surface area contributed by atoms with Crippen LogP contribution in [-0.4, -0.2) is 48.9 Å². The fourth-order valence-electron chi connectivity index (χ4n) is 3.46. The number of para-hydroxylation sites is 2. The summed E-state index contributed by atoms with van der Waals surface area (Å²) >= 11 is 0. The first kappa shape index (κ1) is 24.7. The van der Waals surface area contributed by atoms with Gasteiger partial charge in [0.15, 0.2) is 6.54 Å². The van der Waals surface area contributed by atoms with Crippen LogP contribution in [0.2, 0.25) is 0 Å². The summed E-state index contributed by atoms with van der Waals surface area (Å²) < 4.78 is 11.5. The highest BCUT2D eigenvalue weighted by Gasteiger charge is 2.24. The minimum absolute atomic E-state index is 0. The minimum atomic E-state index is -0.190. The average Bonchev–Trinajstić information content (AvgIpc) is 3.32. The Labute approximate surface area is 212 Å². The van der Waals surface area contributed by atoms with Crippen molar-refractivity contribution < 1.29 is 25.5 Å². The van der Waals surface area contributed by atoms with Crippen LogP contribution in [0.1, 0.15) is 13.4 Å². The number of amides is 2. The average molecular weight is 487 g/mol. The van der Waals surface area contributed by atoms with Gasteiger partial charge < -0.3 is 14.4 Å². The number of rotatable bonds is 9. The Morgan fingerprint density at radius 3 is 2.42 bits per heavy atom. The summed E-state index contributed by atoms with van der Waals surface area (Å²) in [4.78, 5) is 29.3. The largest absolute Gasteiger partial charge is 0.493 e. The molecule has 8 nitrogen and oxygen atoms in total. The van der Waals surface area contributed by atoms with E-state index < -0.39 is 0 Å². The fourth-order valence-corrected chi connectivity index (χ4v) is 3.46. The van der Waals surface area contributed by atoms with Crippen molar-refractivity contribution in [1.29, 1.82) is 0 Å². The number of likely N-dealkylation sites (N-methyl/N-ethyl adjacent to an activating group) is 1. The molecule has 1 N–H and O–H groups in total. The molecule has 1 aliphatic heterocycles. The molecule has 0 atom stereocenters. The predicted octanol–water partition coefficient (Wildman–Crippen LogP) is 2.98. The maximum atomic E-state index is 12.8. The van der Waals surface area contributed by atoms with E-state index in [9.17, 15) is 9.59 Å². The lowest BCUT2D eigenvalue weighted by Crippen LogP contribution is -2.78. The van der Waals surface area contributed by atoms with Crippen molar-refractivity contribution in [3.05, 3.63) is 91.0 Å². The Morgan fingerprint density at radius 1 is 0.972 bits per heavy atom. The molecule has 0 saturated heterocycles. The van der Waals surface area contributed by atoms with E-state index in [2.05, 4.69) is 10.1 Å². The van der Waals surface area contributed by atoms with Gasteiger partial charge in [-0.05, 0) is 55.0 Å². The molecule has 1 heterocycles. The molecule has 3 aromatic rings. The molecule has 0 aromatic heterocycles. The zero-order valence-corrected chi connectivity index (χ0v) is 20.3. The predicted molar refractivity (Wildman–Crippen MR) is 140 cm³/mol. The Morgan fingerprint density at radius 2 is 1.67 bits per heavy atom. The van der Waals surface area contributed by atoms with E-state index in [0.717, 1.165) is 22.7 Å². The van der Waals surface area contributed by atoms with Crippen molar-refractivity contribution >= 4 is 29.4 Å². The summed E-state index contributed by atoms with van der Waals surface area (Å²) in [6.45, 7) is 3.88. The second-order valence-electron chi connectivity index (χ2n) is 8.20. The van der Waals surface area contributed by atoms with Gasteiger partial charge in [0, 0.05) is 14.2 Å². The van der Waals surface area contributed by atoms with Crippen LogP contribution in [0.3, 0.4) is 0 Å². The van der Waals surface area contributed by atoms with Gasteiger partial charge in [-0.2, -0.15) is 10.1 Å². The summed E-state index contributed by atoms with van der Waals surface area (Å²) in [5.74, 6) is 1.85. The number of hydrogen-bond acceptors (Lipinski definition) is 6. The van der Waals surface area contributed by atoms with Gasteiger partial charge in [0.1, 0.15) is 43.0 Å². The monoisotopic (exact) mass is 486 g/mol. The van der Waals surface area contributed by atoms with Crippen LogP contribution in [0.25, 0.3) is 0 Å². The summed E-state index contributed by atoms with van der Waals surface area (Å²) in [6.07, 6.45) is 1.72. The summed E-state index contributed by atoms with van der Waals surface area (Å²) in [7, 11) is 1.70. The standard InChI is InChI=1S/C28H27N4O4.H2/c1-21-8-6-7-11-26(21)35-17-16-27(33)30-22-18-29-32(19-22)20-28(34)31(2)23-12-14-25(15-13-23)36-24-9-4-3-5-10-24;/h3-15,18-19H,16-17,20H2,1-2H3;1H/p+1. The van der Waals surface area contributed by atoms with Gasteiger partial charge in [-0.3, -0.25) is 9.80 Å². The molecule has 185 valence electrons. The summed E-state index contributed by atoms with van der Waals surface area (Å²) in [5.41, 5.74) is 2.27. The molecule has 8 heteroatoms. The number of benzene rings is 3. The molecule has 1 aliphatic rings. The highest BCUT2D eigenvalue weighted by Crippen LogP contribution is 2.24. The Balaban J connectivity index is 0.00000380. The van der Waals surface area contributed by atoms with Crippen molar-refractivity contribution in [1.82, 2.24) is 5.01 Å². The highest BCUT2D eigenvalue weighted by molar-refractivity contribution is 6.33. The fraction of sp³-hybridized carbons (Fsp3) is 0.179. The third kappa shape index (κ3) is 6.79. The third-order valence-corrected chi connectivity index (χ3v) is 5.47. The molecule has 4 rings (SSSR count). The zero-order chi connectivity index (χ0) is 25.3. The van der Waals surface area contributed by atoms with E-state index in [4.69, 9.17) is 9.47 Å². The van der Waals surface area contributed by atoms with E-state index >= 15 is 0 Å². The molecule has 1 radical (unpaired) electrons. The first-order valence-electron chi connectivity index (χ1n) is 11.6. The first-order valence-corrected chi connectivity index (χ1v) is 11.6. The number of ether oxygens (including phenoxy) is 2. The van der Waals surface area contributed by atoms with Crippen LogP contribution in [0, 0.1) is 13.5 Å². The molecule has 2 amide bonds. The van der Waals surface area contributed by atoms with E-state index in [1.165, 1.54) is 11.2 Å². The van der Waals surface area contributed by atoms with Crippen LogP contribution in [-0.2, 0) is 9.59 Å². The number of hydrazone groups is 1. The van der Waals surface area contributed by atoms with Gasteiger partial charge in [-0.1, -0.05) is 36.4 Å². The maximum absolute atomic E-state index is 12.8. The highest BCUT2D eigenvalue weighted by atomic mass is 16.5. The maximum Gasteiger partial charge on any atom is 0.389 e. The Bertz CT molecular complexity index is 1260. The zero-order valence-electron chi connectivity index (χ0n) is 20.3. The molecule has 0 saturated carbocycles. The van der Waals surface area contributed by atoms with Gasteiger partial charge in [0.25, 0.3) is 0 Å². The number of aryl methyl sites for hydroxylation is 1. The van der Waals surface area contributed by atoms with Crippen molar-refractivity contribution in [2.24, 2.45) is 5.10 Å². The van der Waals surface area contributed by atoms with Gasteiger partial charge in [-0.15, -0.1) is 0 Å². The number of carbonyl (C=O) groups is 2. The van der Waals surface area contributed by atoms with E-state index in [0.29, 0.717) is 11.5 Å². The molecule has 0 bridgehead atoms. The summed E-state index contributed by atoms with van der Waals surface area (Å²) in [5, 5.41) is 5.68. The first-order chi connectivity index (χ1) is 17.5. The lowest BCUT2D eigenvalue weighted by Gasteiger charge is -2.20. The molecule has 0 aliphatic carbocycles. The lowest BCUT2D eigenvalue weighted by atomic mass is 10.2. The van der Waals surface area contributed by atoms with E-state index in [1.54, 1.807) is 18.5 Å². The van der Waals surface area contributed by atoms with Gasteiger partial charge in [0.05, 0.1) is 0 Å². The van der Waals surface area contributed by atoms with Gasteiger partial charge >= 0.3 is 5.91 Å². The molecular weight excluding hydrogens is 456 g/mol. The Hall–Kier alpha value is -4.46. The van der Waals surface area contributed by atoms with Crippen LogP contribution in [0.4, 0.5) is 5.69 Å². The molecular formula is C28H30N4O4+. The molecule has 0 unspecified atom stereocenters.